The number of ether oxygens (including phenoxy) is 1. The van der Waals surface area contributed by atoms with Crippen molar-refractivity contribution in [3.8, 4) is 0 Å². The lowest BCUT2D eigenvalue weighted by atomic mass is 9.89. The van der Waals surface area contributed by atoms with Crippen molar-refractivity contribution in [1.29, 1.82) is 0 Å². The molecule has 0 unspecified atom stereocenters. The van der Waals surface area contributed by atoms with Crippen molar-refractivity contribution in [2.24, 2.45) is 4.99 Å². The summed E-state index contributed by atoms with van der Waals surface area (Å²) in [6, 6.07) is 3.38. The van der Waals surface area contributed by atoms with E-state index in [2.05, 4.69) is 10.3 Å². The molecular weight excluding hydrogens is 349 g/mol. The van der Waals surface area contributed by atoms with Gasteiger partial charge < -0.3 is 4.74 Å². The number of carbonyl (C=O) groups excluding carboxylic acids is 1. The van der Waals surface area contributed by atoms with E-state index < -0.39 is 28.0 Å². The van der Waals surface area contributed by atoms with Gasteiger partial charge in [0, 0.05) is 23.4 Å². The van der Waals surface area contributed by atoms with Crippen molar-refractivity contribution in [2.75, 3.05) is 5.75 Å². The van der Waals surface area contributed by atoms with Gasteiger partial charge in [-0.3, -0.25) is 20.4 Å². The van der Waals surface area contributed by atoms with Crippen LogP contribution in [0.25, 0.3) is 0 Å². The van der Waals surface area contributed by atoms with Crippen molar-refractivity contribution < 1.29 is 18.8 Å². The summed E-state index contributed by atoms with van der Waals surface area (Å²) >= 11 is 1.31. The molecule has 1 atom stereocenters. The minimum atomic E-state index is -1.01. The topological polar surface area (TPSA) is 93.8 Å². The first-order chi connectivity index (χ1) is 11.5. The van der Waals surface area contributed by atoms with Gasteiger partial charge in [0.2, 0.25) is 0 Å². The second kappa shape index (κ2) is 6.99. The molecule has 1 aromatic carbocycles. The van der Waals surface area contributed by atoms with E-state index in [9.17, 15) is 19.3 Å². The zero-order valence-electron chi connectivity index (χ0n) is 14.5. The molecule has 0 radical (unpaired) electrons. The zero-order valence-corrected chi connectivity index (χ0v) is 15.3. The van der Waals surface area contributed by atoms with Crippen LogP contribution in [-0.2, 0) is 10.3 Å². The van der Waals surface area contributed by atoms with Gasteiger partial charge in [0.1, 0.15) is 11.4 Å². The maximum absolute atomic E-state index is 14.3. The van der Waals surface area contributed by atoms with Gasteiger partial charge in [-0.1, -0.05) is 11.8 Å². The lowest BCUT2D eigenvalue weighted by Crippen LogP contribution is -2.38. The van der Waals surface area contributed by atoms with Gasteiger partial charge in [-0.15, -0.1) is 0 Å². The fourth-order valence-electron chi connectivity index (χ4n) is 2.35. The average Bonchev–Trinajstić information content (AvgIpc) is 2.45. The molecule has 0 saturated carbocycles. The Bertz CT molecular complexity index is 733. The standard InChI is InChI=1S/C16H20FN3O4S/c1-15(2,3)24-14(21)18-13-19-16(4,7-8-25-13)11-9-10(20(22)23)5-6-12(11)17/h5-6,9H,7-8H2,1-4H3,(H,18,19,21)/t16-/m0/s1. The molecule has 7 nitrogen and oxygen atoms in total. The number of benzene rings is 1. The largest absolute Gasteiger partial charge is 0.444 e. The van der Waals surface area contributed by atoms with E-state index in [1.54, 1.807) is 27.7 Å². The normalized spacial score (nSPS) is 20.6. The van der Waals surface area contributed by atoms with Crippen molar-refractivity contribution in [3.05, 3.63) is 39.7 Å². The molecule has 0 bridgehead atoms. The summed E-state index contributed by atoms with van der Waals surface area (Å²) in [5.41, 5.74) is -1.73. The smallest absolute Gasteiger partial charge is 0.413 e. The van der Waals surface area contributed by atoms with Gasteiger partial charge in [0.05, 0.1) is 10.5 Å². The predicted molar refractivity (Wildman–Crippen MR) is 94.3 cm³/mol. The highest BCUT2D eigenvalue weighted by atomic mass is 32.2. The number of nitrogens with zero attached hydrogens (tertiary/aromatic N) is 2. The molecule has 1 amide bonds. The fraction of sp³-hybridized carbons (Fsp3) is 0.500. The Hall–Kier alpha value is -2.16. The first-order valence-electron chi connectivity index (χ1n) is 7.67. The third-order valence-corrected chi connectivity index (χ3v) is 4.40. The Labute approximate surface area is 149 Å². The van der Waals surface area contributed by atoms with Gasteiger partial charge in [0.15, 0.2) is 5.17 Å². The van der Waals surface area contributed by atoms with Gasteiger partial charge >= 0.3 is 6.09 Å². The van der Waals surface area contributed by atoms with Crippen LogP contribution in [0.4, 0.5) is 14.9 Å². The van der Waals surface area contributed by atoms with Crippen LogP contribution in [0.1, 0.15) is 39.7 Å². The van der Waals surface area contributed by atoms with Crippen LogP contribution in [0.3, 0.4) is 0 Å². The monoisotopic (exact) mass is 369 g/mol. The van der Waals surface area contributed by atoms with Crippen LogP contribution < -0.4 is 5.32 Å². The number of nitrogens with one attached hydrogen (secondary N) is 1. The number of rotatable bonds is 2. The molecule has 1 aliphatic heterocycles. The summed E-state index contributed by atoms with van der Waals surface area (Å²) in [5, 5.41) is 13.8. The number of aliphatic imine (C=N–C) groups is 1. The number of halogens is 1. The molecule has 25 heavy (non-hydrogen) atoms. The highest BCUT2D eigenvalue weighted by Crippen LogP contribution is 2.38. The lowest BCUT2D eigenvalue weighted by Gasteiger charge is -2.31. The van der Waals surface area contributed by atoms with Gasteiger partial charge in [-0.25, -0.2) is 9.18 Å². The molecule has 1 aromatic rings. The van der Waals surface area contributed by atoms with E-state index in [0.29, 0.717) is 17.3 Å². The maximum atomic E-state index is 14.3. The van der Waals surface area contributed by atoms with Crippen LogP contribution in [0.5, 0.6) is 0 Å². The van der Waals surface area contributed by atoms with E-state index in [0.717, 1.165) is 12.1 Å². The Balaban J connectivity index is 2.30. The molecule has 0 spiro atoms. The average molecular weight is 369 g/mol. The molecule has 1 heterocycles. The summed E-state index contributed by atoms with van der Waals surface area (Å²) in [6.45, 7) is 6.91. The first kappa shape index (κ1) is 19.2. The van der Waals surface area contributed by atoms with Crippen LogP contribution in [0.15, 0.2) is 23.2 Å². The quantitative estimate of drug-likeness (QED) is 0.629. The van der Waals surface area contributed by atoms with E-state index in [1.165, 1.54) is 17.8 Å². The Kier molecular flexibility index (Phi) is 5.36. The second-order valence-corrected chi connectivity index (χ2v) is 7.92. The van der Waals surface area contributed by atoms with Gasteiger partial charge in [0.25, 0.3) is 5.69 Å². The van der Waals surface area contributed by atoms with Crippen molar-refractivity contribution in [1.82, 2.24) is 5.32 Å². The molecule has 0 aliphatic carbocycles. The summed E-state index contributed by atoms with van der Waals surface area (Å²) in [5.74, 6) is 0.00755. The number of alkyl carbamates (subject to hydrolysis) is 1. The summed E-state index contributed by atoms with van der Waals surface area (Å²) < 4.78 is 19.4. The fourth-order valence-corrected chi connectivity index (χ4v) is 3.46. The summed E-state index contributed by atoms with van der Waals surface area (Å²) in [7, 11) is 0. The first-order valence-corrected chi connectivity index (χ1v) is 8.66. The number of thioether (sulfide) groups is 1. The number of nitro groups is 1. The van der Waals surface area contributed by atoms with E-state index in [4.69, 9.17) is 4.74 Å². The van der Waals surface area contributed by atoms with Crippen molar-refractivity contribution >= 4 is 28.7 Å². The molecule has 0 aromatic heterocycles. The number of non-ortho nitro benzene ring substituents is 1. The van der Waals surface area contributed by atoms with Crippen LogP contribution in [0, 0.1) is 15.9 Å². The molecule has 1 N–H and O–H groups in total. The highest BCUT2D eigenvalue weighted by molar-refractivity contribution is 8.13. The van der Waals surface area contributed by atoms with Crippen LogP contribution in [-0.4, -0.2) is 27.5 Å². The van der Waals surface area contributed by atoms with E-state index in [-0.39, 0.29) is 11.3 Å². The maximum Gasteiger partial charge on any atom is 0.413 e. The SMILES string of the molecule is CC(C)(C)OC(=O)NC1=N[C@](C)(c2cc([N+](=O)[O-])ccc2F)CCS1. The van der Waals surface area contributed by atoms with Crippen LogP contribution >= 0.6 is 11.8 Å². The lowest BCUT2D eigenvalue weighted by molar-refractivity contribution is -0.385. The number of hydrogen-bond acceptors (Lipinski definition) is 6. The third kappa shape index (κ3) is 4.91. The molecule has 9 heteroatoms. The van der Waals surface area contributed by atoms with Gasteiger partial charge in [-0.2, -0.15) is 0 Å². The Morgan fingerprint density at radius 2 is 2.16 bits per heavy atom. The van der Waals surface area contributed by atoms with E-state index in [1.807, 2.05) is 0 Å². The predicted octanol–water partition coefficient (Wildman–Crippen LogP) is 3.97. The van der Waals surface area contributed by atoms with Crippen molar-refractivity contribution in [2.45, 2.75) is 45.3 Å². The third-order valence-electron chi connectivity index (χ3n) is 3.52. The highest BCUT2D eigenvalue weighted by Gasteiger charge is 2.34. The summed E-state index contributed by atoms with van der Waals surface area (Å²) in [6.07, 6.45) is -0.169. The zero-order chi connectivity index (χ0) is 18.8. The molecule has 0 fully saturated rings. The van der Waals surface area contributed by atoms with E-state index >= 15 is 0 Å². The summed E-state index contributed by atoms with van der Waals surface area (Å²) in [4.78, 5) is 26.7. The number of carbonyl (C=O) groups is 1. The Morgan fingerprint density at radius 1 is 1.48 bits per heavy atom. The number of amidine groups is 1. The number of amides is 1. The minimum Gasteiger partial charge on any atom is -0.444 e. The van der Waals surface area contributed by atoms with Crippen LogP contribution in [0.2, 0.25) is 0 Å². The molecule has 0 saturated heterocycles. The molecule has 1 aliphatic rings. The number of nitro benzene ring substituents is 1. The number of hydrogen-bond donors (Lipinski definition) is 1. The molecular formula is C16H20FN3O4S. The Morgan fingerprint density at radius 3 is 2.76 bits per heavy atom. The van der Waals surface area contributed by atoms with Gasteiger partial charge in [-0.05, 0) is 40.2 Å². The second-order valence-electron chi connectivity index (χ2n) is 6.84. The molecule has 2 rings (SSSR count). The molecule has 136 valence electrons. The minimum absolute atomic E-state index is 0.130. The van der Waals surface area contributed by atoms with Crippen molar-refractivity contribution in [3.63, 3.8) is 0 Å².